The van der Waals surface area contributed by atoms with Crippen LogP contribution in [-0.4, -0.2) is 24.4 Å². The molecule has 0 spiro atoms. The number of carboxylic acids is 1. The molecule has 186 valence electrons. The molecule has 1 N–H and O–H groups in total. The quantitative estimate of drug-likeness (QED) is 0.208. The molecule has 1 aliphatic rings. The molecule has 0 amide bonds. The van der Waals surface area contributed by atoms with Crippen molar-refractivity contribution in [2.24, 2.45) is 0 Å². The van der Waals surface area contributed by atoms with Gasteiger partial charge in [0.1, 0.15) is 0 Å². The maximum atomic E-state index is 13.1. The molecule has 5 rings (SSSR count). The fraction of sp³-hybridized carbons (Fsp3) is 0.0385. The highest BCUT2D eigenvalue weighted by atomic mass is 32.2. The number of hydrogen-bond donors (Lipinski definition) is 1. The van der Waals surface area contributed by atoms with Gasteiger partial charge in [0.25, 0.3) is 5.69 Å². The van der Waals surface area contributed by atoms with E-state index in [1.54, 1.807) is 60.7 Å². The number of carboxylic acid groups (broad SMARTS) is 1. The van der Waals surface area contributed by atoms with E-state index in [2.05, 4.69) is 0 Å². The van der Waals surface area contributed by atoms with E-state index in [9.17, 15) is 28.4 Å². The van der Waals surface area contributed by atoms with Crippen LogP contribution in [0.25, 0.3) is 0 Å². The fourth-order valence-electron chi connectivity index (χ4n) is 3.96. The summed E-state index contributed by atoms with van der Waals surface area (Å²) in [6.45, 7) is 0. The van der Waals surface area contributed by atoms with E-state index in [0.717, 1.165) is 18.2 Å². The van der Waals surface area contributed by atoms with E-state index in [1.807, 2.05) is 0 Å². The van der Waals surface area contributed by atoms with Gasteiger partial charge in [-0.1, -0.05) is 72.8 Å². The summed E-state index contributed by atoms with van der Waals surface area (Å²) in [7, 11) is -4.79. The van der Waals surface area contributed by atoms with Gasteiger partial charge in [0.05, 0.1) is 10.5 Å². The highest BCUT2D eigenvalue weighted by Gasteiger charge is 2.47. The number of hydrogen-bond acceptors (Lipinski definition) is 8. The fourth-order valence-corrected chi connectivity index (χ4v) is 5.05. The first-order chi connectivity index (χ1) is 17.7. The van der Waals surface area contributed by atoms with Gasteiger partial charge in [0.2, 0.25) is 5.75 Å². The summed E-state index contributed by atoms with van der Waals surface area (Å²) in [6, 6.07) is 24.4. The number of fused-ring (bicyclic) bond motifs is 1. The first-order valence-corrected chi connectivity index (χ1v) is 12.2. The lowest BCUT2D eigenvalue weighted by Gasteiger charge is -2.28. The second-order valence-electron chi connectivity index (χ2n) is 7.92. The molecule has 0 unspecified atom stereocenters. The molecule has 0 fully saturated rings. The smallest absolute Gasteiger partial charge is 0.346 e. The standard InChI is InChI=1S/C26H17NO9S/c28-25(29)17-15-21-24(22(16-17)36-37(32,33)23-14-8-7-13-20(23)27(30)31)35-26(34-21,18-9-3-1-4-10-18)19-11-5-2-6-12-19/h1-16H,(H,28,29). The van der Waals surface area contributed by atoms with Crippen LogP contribution in [0.5, 0.6) is 17.2 Å². The predicted molar refractivity (Wildman–Crippen MR) is 129 cm³/mol. The van der Waals surface area contributed by atoms with E-state index in [1.165, 1.54) is 18.2 Å². The molecule has 11 heteroatoms. The molecule has 1 heterocycles. The van der Waals surface area contributed by atoms with Crippen molar-refractivity contribution < 1.29 is 36.9 Å². The Morgan fingerprint density at radius 3 is 2.00 bits per heavy atom. The Labute approximate surface area is 210 Å². The van der Waals surface area contributed by atoms with E-state index in [4.69, 9.17) is 13.7 Å². The zero-order chi connectivity index (χ0) is 26.2. The van der Waals surface area contributed by atoms with Crippen LogP contribution in [-0.2, 0) is 15.9 Å². The Morgan fingerprint density at radius 1 is 0.865 bits per heavy atom. The summed E-state index contributed by atoms with van der Waals surface area (Å²) >= 11 is 0. The Balaban J connectivity index is 1.67. The van der Waals surface area contributed by atoms with Gasteiger partial charge in [-0.15, -0.1) is 0 Å². The number of carbonyl (C=O) groups is 1. The van der Waals surface area contributed by atoms with E-state index in [-0.39, 0.29) is 17.1 Å². The first-order valence-electron chi connectivity index (χ1n) is 10.8. The van der Waals surface area contributed by atoms with Crippen molar-refractivity contribution in [2.45, 2.75) is 10.7 Å². The maximum Gasteiger partial charge on any atom is 0.346 e. The topological polar surface area (TPSA) is 142 Å². The molecule has 10 nitrogen and oxygen atoms in total. The van der Waals surface area contributed by atoms with Crippen LogP contribution >= 0.6 is 0 Å². The average Bonchev–Trinajstić information content (AvgIpc) is 3.31. The third-order valence-corrected chi connectivity index (χ3v) is 6.89. The Kier molecular flexibility index (Phi) is 5.76. The second-order valence-corrected chi connectivity index (χ2v) is 9.44. The summed E-state index contributed by atoms with van der Waals surface area (Å²) in [5.74, 6) is -3.74. The molecule has 0 aliphatic carbocycles. The van der Waals surface area contributed by atoms with Crippen molar-refractivity contribution in [2.75, 3.05) is 0 Å². The van der Waals surface area contributed by atoms with Gasteiger partial charge in [0, 0.05) is 23.3 Å². The minimum Gasteiger partial charge on any atom is -0.478 e. The summed E-state index contributed by atoms with van der Waals surface area (Å²) < 4.78 is 44.0. The number of rotatable bonds is 7. The highest BCUT2D eigenvalue weighted by molar-refractivity contribution is 7.87. The van der Waals surface area contributed by atoms with Crippen molar-refractivity contribution in [3.05, 3.63) is 124 Å². The molecular weight excluding hydrogens is 502 g/mol. The number of nitrogens with zero attached hydrogens (tertiary/aromatic N) is 1. The van der Waals surface area contributed by atoms with Crippen LogP contribution in [0, 0.1) is 10.1 Å². The molecule has 0 atom stereocenters. The molecule has 37 heavy (non-hydrogen) atoms. The summed E-state index contributed by atoms with van der Waals surface area (Å²) in [6.07, 6.45) is 0. The van der Waals surface area contributed by atoms with Gasteiger partial charge < -0.3 is 18.8 Å². The Hall–Kier alpha value is -4.90. The number of para-hydroxylation sites is 1. The van der Waals surface area contributed by atoms with Crippen LogP contribution in [0.15, 0.2) is 102 Å². The van der Waals surface area contributed by atoms with E-state index < -0.39 is 43.1 Å². The summed E-state index contributed by atoms with van der Waals surface area (Å²) in [5.41, 5.74) is 0.0456. The zero-order valence-electron chi connectivity index (χ0n) is 18.8. The van der Waals surface area contributed by atoms with Crippen LogP contribution < -0.4 is 13.7 Å². The number of aromatic carboxylic acids is 1. The van der Waals surface area contributed by atoms with Crippen LogP contribution in [0.3, 0.4) is 0 Å². The minimum absolute atomic E-state index is 0.0830. The lowest BCUT2D eigenvalue weighted by molar-refractivity contribution is -0.387. The molecule has 1 aliphatic heterocycles. The van der Waals surface area contributed by atoms with Crippen molar-refractivity contribution in [1.29, 1.82) is 0 Å². The average molecular weight is 519 g/mol. The predicted octanol–water partition coefficient (Wildman–Crippen LogP) is 4.73. The summed E-state index contributed by atoms with van der Waals surface area (Å²) in [4.78, 5) is 21.7. The first kappa shape index (κ1) is 23.8. The molecule has 0 bridgehead atoms. The van der Waals surface area contributed by atoms with Crippen LogP contribution in [0.1, 0.15) is 21.5 Å². The summed E-state index contributed by atoms with van der Waals surface area (Å²) in [5, 5.41) is 21.1. The molecule has 0 saturated heterocycles. The Morgan fingerprint density at radius 2 is 1.43 bits per heavy atom. The molecule has 0 aromatic heterocycles. The lowest BCUT2D eigenvalue weighted by Crippen LogP contribution is -2.36. The third-order valence-electron chi connectivity index (χ3n) is 5.61. The number of nitro groups is 1. The van der Waals surface area contributed by atoms with Gasteiger partial charge in [-0.2, -0.15) is 8.42 Å². The molecule has 0 radical (unpaired) electrons. The van der Waals surface area contributed by atoms with Crippen LogP contribution in [0.4, 0.5) is 5.69 Å². The van der Waals surface area contributed by atoms with Gasteiger partial charge >= 0.3 is 21.9 Å². The minimum atomic E-state index is -4.79. The van der Waals surface area contributed by atoms with Gasteiger partial charge in [-0.25, -0.2) is 4.79 Å². The number of benzene rings is 4. The van der Waals surface area contributed by atoms with Gasteiger partial charge in [-0.05, 0) is 12.1 Å². The molecule has 0 saturated carbocycles. The monoisotopic (exact) mass is 519 g/mol. The molecule has 4 aromatic rings. The SMILES string of the molecule is O=C(O)c1cc2c(c(OS(=O)(=O)c3ccccc3[N+](=O)[O-])c1)OC(c1ccccc1)(c1ccccc1)O2. The van der Waals surface area contributed by atoms with Crippen molar-refractivity contribution in [1.82, 2.24) is 0 Å². The number of nitro benzene ring substituents is 1. The largest absolute Gasteiger partial charge is 0.478 e. The zero-order valence-corrected chi connectivity index (χ0v) is 19.6. The van der Waals surface area contributed by atoms with Crippen LogP contribution in [0.2, 0.25) is 0 Å². The van der Waals surface area contributed by atoms with Gasteiger partial charge in [0.15, 0.2) is 16.4 Å². The van der Waals surface area contributed by atoms with Crippen molar-refractivity contribution in [3.63, 3.8) is 0 Å². The highest BCUT2D eigenvalue weighted by Crippen LogP contribution is 2.53. The third kappa shape index (κ3) is 4.21. The Bertz CT molecular complexity index is 1580. The normalized spacial score (nSPS) is 13.6. The number of ether oxygens (including phenoxy) is 2. The van der Waals surface area contributed by atoms with E-state index >= 15 is 0 Å². The second kappa shape index (κ2) is 8.95. The van der Waals surface area contributed by atoms with Crippen molar-refractivity contribution >= 4 is 21.8 Å². The van der Waals surface area contributed by atoms with Gasteiger partial charge in [-0.3, -0.25) is 10.1 Å². The molecule has 4 aromatic carbocycles. The van der Waals surface area contributed by atoms with E-state index in [0.29, 0.717) is 11.1 Å². The lowest BCUT2D eigenvalue weighted by atomic mass is 9.97. The molecular formula is C26H17NO9S. The van der Waals surface area contributed by atoms with Crippen molar-refractivity contribution in [3.8, 4) is 17.2 Å². The maximum absolute atomic E-state index is 13.1.